The molecule has 0 aliphatic carbocycles. The van der Waals surface area contributed by atoms with Crippen LogP contribution < -0.4 is 10.6 Å². The van der Waals surface area contributed by atoms with Crippen LogP contribution in [0.3, 0.4) is 0 Å². The van der Waals surface area contributed by atoms with Crippen molar-refractivity contribution in [2.75, 3.05) is 5.32 Å². The van der Waals surface area contributed by atoms with E-state index in [0.717, 1.165) is 16.3 Å². The van der Waals surface area contributed by atoms with Gasteiger partial charge in [0.2, 0.25) is 0 Å². The van der Waals surface area contributed by atoms with Crippen LogP contribution in [-0.2, 0) is 13.1 Å². The summed E-state index contributed by atoms with van der Waals surface area (Å²) in [5.41, 5.74) is 1.13. The number of benzene rings is 1. The predicted molar refractivity (Wildman–Crippen MR) is 94.5 cm³/mol. The van der Waals surface area contributed by atoms with Crippen LogP contribution >= 0.6 is 23.8 Å². The molecular formula is C16H15ClN4OS. The van der Waals surface area contributed by atoms with Gasteiger partial charge in [0.15, 0.2) is 10.9 Å². The fourth-order valence-electron chi connectivity index (χ4n) is 2.03. The topological polar surface area (TPSA) is 55.0 Å². The van der Waals surface area contributed by atoms with E-state index in [0.29, 0.717) is 24.0 Å². The number of hydrogen-bond acceptors (Lipinski definition) is 3. The average Bonchev–Trinajstić information content (AvgIpc) is 3.20. The minimum atomic E-state index is 0.498. The van der Waals surface area contributed by atoms with Gasteiger partial charge in [0.1, 0.15) is 5.76 Å². The normalized spacial score (nSPS) is 10.5. The summed E-state index contributed by atoms with van der Waals surface area (Å²) in [4.78, 5) is 0. The molecule has 0 fully saturated rings. The fourth-order valence-corrected chi connectivity index (χ4v) is 2.34. The molecule has 0 bridgehead atoms. The Labute approximate surface area is 144 Å². The number of halogens is 1. The van der Waals surface area contributed by atoms with Gasteiger partial charge in [-0.15, -0.1) is 0 Å². The van der Waals surface area contributed by atoms with Crippen molar-refractivity contribution in [3.8, 4) is 0 Å². The summed E-state index contributed by atoms with van der Waals surface area (Å²) < 4.78 is 7.07. The van der Waals surface area contributed by atoms with Gasteiger partial charge in [0.25, 0.3) is 0 Å². The second-order valence-electron chi connectivity index (χ2n) is 4.91. The van der Waals surface area contributed by atoms with Crippen LogP contribution in [0.4, 0.5) is 5.82 Å². The van der Waals surface area contributed by atoms with Crippen LogP contribution in [0.2, 0.25) is 5.02 Å². The number of nitrogens with zero attached hydrogens (tertiary/aromatic N) is 2. The van der Waals surface area contributed by atoms with E-state index < -0.39 is 0 Å². The number of furan rings is 1. The number of hydrogen-bond donors (Lipinski definition) is 2. The second-order valence-corrected chi connectivity index (χ2v) is 5.76. The third-order valence-corrected chi connectivity index (χ3v) is 3.64. The molecule has 3 rings (SSSR count). The summed E-state index contributed by atoms with van der Waals surface area (Å²) in [6.07, 6.45) is 3.53. The van der Waals surface area contributed by atoms with Gasteiger partial charge in [0, 0.05) is 17.3 Å². The maximum atomic E-state index is 5.88. The Hall–Kier alpha value is -2.31. The average molecular weight is 347 g/mol. The van der Waals surface area contributed by atoms with Crippen molar-refractivity contribution >= 4 is 34.7 Å². The summed E-state index contributed by atoms with van der Waals surface area (Å²) in [6, 6.07) is 13.3. The van der Waals surface area contributed by atoms with Gasteiger partial charge in [-0.3, -0.25) is 4.68 Å². The summed E-state index contributed by atoms with van der Waals surface area (Å²) >= 11 is 11.1. The molecule has 3 aromatic rings. The zero-order chi connectivity index (χ0) is 16.1. The summed E-state index contributed by atoms with van der Waals surface area (Å²) in [7, 11) is 0. The standard InChI is InChI=1S/C16H15ClN4OS/c17-13-5-3-12(4-6-13)11-21-8-7-15(20-21)19-16(23)18-10-14-2-1-9-22-14/h1-9H,10-11H2,(H2,18,19,20,23). The molecular weight excluding hydrogens is 332 g/mol. The molecule has 2 aromatic heterocycles. The van der Waals surface area contributed by atoms with E-state index in [2.05, 4.69) is 15.7 Å². The molecule has 0 aliphatic rings. The van der Waals surface area contributed by atoms with Crippen LogP contribution in [0.1, 0.15) is 11.3 Å². The molecule has 118 valence electrons. The van der Waals surface area contributed by atoms with E-state index in [9.17, 15) is 0 Å². The van der Waals surface area contributed by atoms with Crippen molar-refractivity contribution in [1.29, 1.82) is 0 Å². The Kier molecular flexibility index (Phi) is 4.95. The Morgan fingerprint density at radius 3 is 2.78 bits per heavy atom. The molecule has 5 nitrogen and oxygen atoms in total. The quantitative estimate of drug-likeness (QED) is 0.690. The smallest absolute Gasteiger partial charge is 0.172 e. The Morgan fingerprint density at radius 1 is 1.22 bits per heavy atom. The molecule has 2 heterocycles. The van der Waals surface area contributed by atoms with E-state index in [-0.39, 0.29) is 0 Å². The minimum absolute atomic E-state index is 0.498. The maximum absolute atomic E-state index is 5.88. The second kappa shape index (κ2) is 7.30. The van der Waals surface area contributed by atoms with Gasteiger partial charge in [-0.2, -0.15) is 5.10 Å². The maximum Gasteiger partial charge on any atom is 0.172 e. The minimum Gasteiger partial charge on any atom is -0.467 e. The molecule has 0 amide bonds. The van der Waals surface area contributed by atoms with Gasteiger partial charge in [-0.05, 0) is 42.0 Å². The lowest BCUT2D eigenvalue weighted by Crippen LogP contribution is -2.27. The van der Waals surface area contributed by atoms with E-state index in [1.165, 1.54) is 0 Å². The zero-order valence-corrected chi connectivity index (χ0v) is 13.8. The highest BCUT2D eigenvalue weighted by Gasteiger charge is 2.03. The molecule has 0 saturated carbocycles. The van der Waals surface area contributed by atoms with Crippen molar-refractivity contribution < 1.29 is 4.42 Å². The first-order valence-corrected chi connectivity index (χ1v) is 7.83. The first kappa shape index (κ1) is 15.6. The van der Waals surface area contributed by atoms with E-state index in [4.69, 9.17) is 28.2 Å². The molecule has 0 spiro atoms. The third-order valence-electron chi connectivity index (χ3n) is 3.14. The zero-order valence-electron chi connectivity index (χ0n) is 12.2. The van der Waals surface area contributed by atoms with Crippen LogP contribution in [0.25, 0.3) is 0 Å². The summed E-state index contributed by atoms with van der Waals surface area (Å²) in [5, 5.41) is 11.8. The van der Waals surface area contributed by atoms with Gasteiger partial charge in [-0.1, -0.05) is 23.7 Å². The van der Waals surface area contributed by atoms with Gasteiger partial charge < -0.3 is 15.1 Å². The highest BCUT2D eigenvalue weighted by Crippen LogP contribution is 2.11. The highest BCUT2D eigenvalue weighted by atomic mass is 35.5. The van der Waals surface area contributed by atoms with Gasteiger partial charge in [-0.25, -0.2) is 0 Å². The number of nitrogens with one attached hydrogen (secondary N) is 2. The fraction of sp³-hybridized carbons (Fsp3) is 0.125. The highest BCUT2D eigenvalue weighted by molar-refractivity contribution is 7.80. The van der Waals surface area contributed by atoms with Gasteiger partial charge >= 0.3 is 0 Å². The monoisotopic (exact) mass is 346 g/mol. The Bertz CT molecular complexity index is 768. The molecule has 2 N–H and O–H groups in total. The molecule has 0 atom stereocenters. The van der Waals surface area contributed by atoms with Crippen LogP contribution in [0.5, 0.6) is 0 Å². The lowest BCUT2D eigenvalue weighted by molar-refractivity contribution is 0.503. The van der Waals surface area contributed by atoms with E-state index >= 15 is 0 Å². The number of rotatable bonds is 5. The van der Waals surface area contributed by atoms with Crippen LogP contribution in [-0.4, -0.2) is 14.9 Å². The Balaban J connectivity index is 1.52. The third kappa shape index (κ3) is 4.58. The lowest BCUT2D eigenvalue weighted by atomic mass is 10.2. The van der Waals surface area contributed by atoms with E-state index in [1.54, 1.807) is 6.26 Å². The predicted octanol–water partition coefficient (Wildman–Crippen LogP) is 3.66. The lowest BCUT2D eigenvalue weighted by Gasteiger charge is -2.07. The summed E-state index contributed by atoms with van der Waals surface area (Å²) in [5.74, 6) is 1.51. The molecule has 0 saturated heterocycles. The molecule has 0 unspecified atom stereocenters. The van der Waals surface area contributed by atoms with Crippen molar-refractivity contribution in [2.45, 2.75) is 13.1 Å². The van der Waals surface area contributed by atoms with Gasteiger partial charge in [0.05, 0.1) is 19.4 Å². The molecule has 0 aliphatic heterocycles. The Morgan fingerprint density at radius 2 is 2.04 bits per heavy atom. The van der Waals surface area contributed by atoms with Crippen molar-refractivity contribution in [3.05, 3.63) is 71.3 Å². The number of anilines is 1. The van der Waals surface area contributed by atoms with Crippen molar-refractivity contribution in [3.63, 3.8) is 0 Å². The van der Waals surface area contributed by atoms with E-state index in [1.807, 2.05) is 53.3 Å². The summed E-state index contributed by atoms with van der Waals surface area (Å²) in [6.45, 7) is 1.20. The van der Waals surface area contributed by atoms with Crippen LogP contribution in [0, 0.1) is 0 Å². The molecule has 7 heteroatoms. The molecule has 1 aromatic carbocycles. The number of thiocarbonyl (C=S) groups is 1. The SMILES string of the molecule is S=C(NCc1ccco1)Nc1ccn(Cc2ccc(Cl)cc2)n1. The van der Waals surface area contributed by atoms with Crippen molar-refractivity contribution in [2.24, 2.45) is 0 Å². The largest absolute Gasteiger partial charge is 0.467 e. The number of aromatic nitrogens is 2. The first-order valence-electron chi connectivity index (χ1n) is 7.04. The molecule has 0 radical (unpaired) electrons. The first-order chi connectivity index (χ1) is 11.2. The van der Waals surface area contributed by atoms with Crippen molar-refractivity contribution in [1.82, 2.24) is 15.1 Å². The molecule has 23 heavy (non-hydrogen) atoms. The van der Waals surface area contributed by atoms with Crippen LogP contribution in [0.15, 0.2) is 59.3 Å².